The molecule has 1 amide bonds. The van der Waals surface area contributed by atoms with Gasteiger partial charge in [-0.2, -0.15) is 5.10 Å². The van der Waals surface area contributed by atoms with E-state index >= 15 is 0 Å². The molecule has 0 fully saturated rings. The van der Waals surface area contributed by atoms with Gasteiger partial charge in [0, 0.05) is 22.2 Å². The molecule has 0 saturated heterocycles. The summed E-state index contributed by atoms with van der Waals surface area (Å²) >= 11 is 7.57. The van der Waals surface area contributed by atoms with E-state index in [4.69, 9.17) is 25.8 Å². The molecule has 34 heavy (non-hydrogen) atoms. The largest absolute Gasteiger partial charge is 0.454 e. The summed E-state index contributed by atoms with van der Waals surface area (Å²) < 4.78 is 17.8. The van der Waals surface area contributed by atoms with Crippen molar-refractivity contribution in [2.45, 2.75) is 26.5 Å². The van der Waals surface area contributed by atoms with E-state index in [9.17, 15) is 9.59 Å². The number of carbonyl (C=O) groups is 2. The summed E-state index contributed by atoms with van der Waals surface area (Å²) in [6.45, 7) is 4.03. The van der Waals surface area contributed by atoms with Gasteiger partial charge in [-0.25, -0.2) is 4.79 Å². The number of anilines is 1. The Labute approximate surface area is 204 Å². The van der Waals surface area contributed by atoms with E-state index in [0.29, 0.717) is 33.6 Å². The number of hydrogen-bond donors (Lipinski definition) is 1. The number of esters is 1. The summed E-state index contributed by atoms with van der Waals surface area (Å²) in [4.78, 5) is 26.6. The van der Waals surface area contributed by atoms with Crippen LogP contribution >= 0.6 is 22.9 Å². The zero-order valence-corrected chi connectivity index (χ0v) is 19.9. The van der Waals surface area contributed by atoms with Crippen LogP contribution in [-0.4, -0.2) is 34.6 Å². The maximum atomic E-state index is 12.8. The molecule has 0 saturated carbocycles. The fourth-order valence-corrected chi connectivity index (χ4v) is 4.84. The Morgan fingerprint density at radius 3 is 2.82 bits per heavy atom. The van der Waals surface area contributed by atoms with Crippen molar-refractivity contribution in [1.29, 1.82) is 0 Å². The average molecular weight is 498 g/mol. The Bertz CT molecular complexity index is 1410. The van der Waals surface area contributed by atoms with Crippen LogP contribution in [0.2, 0.25) is 5.02 Å². The molecule has 1 atom stereocenters. The number of aromatic nitrogens is 2. The van der Waals surface area contributed by atoms with E-state index in [1.807, 2.05) is 35.9 Å². The average Bonchev–Trinajstić information content (AvgIpc) is 3.52. The van der Waals surface area contributed by atoms with Crippen LogP contribution < -0.4 is 14.8 Å². The number of aryl methyl sites for hydroxylation is 1. The topological polar surface area (TPSA) is 91.7 Å². The summed E-state index contributed by atoms with van der Waals surface area (Å²) in [7, 11) is 0. The molecule has 1 N–H and O–H groups in total. The van der Waals surface area contributed by atoms with Crippen molar-refractivity contribution in [1.82, 2.24) is 9.78 Å². The van der Waals surface area contributed by atoms with Crippen molar-refractivity contribution in [2.75, 3.05) is 12.1 Å². The minimum Gasteiger partial charge on any atom is -0.454 e. The third-order valence-electron chi connectivity index (χ3n) is 5.38. The fraction of sp³-hybridized carbons (Fsp3) is 0.208. The molecule has 0 bridgehead atoms. The van der Waals surface area contributed by atoms with Crippen LogP contribution in [0, 0.1) is 6.92 Å². The van der Waals surface area contributed by atoms with Crippen molar-refractivity contribution in [3.63, 3.8) is 0 Å². The van der Waals surface area contributed by atoms with Gasteiger partial charge in [-0.3, -0.25) is 9.48 Å². The first-order chi connectivity index (χ1) is 16.4. The molecule has 174 valence electrons. The Kier molecular flexibility index (Phi) is 5.89. The maximum Gasteiger partial charge on any atom is 0.349 e. The maximum absolute atomic E-state index is 12.8. The van der Waals surface area contributed by atoms with Crippen molar-refractivity contribution < 1.29 is 23.8 Å². The minimum atomic E-state index is -0.996. The highest BCUT2D eigenvalue weighted by molar-refractivity contribution is 7.20. The second-order valence-corrected chi connectivity index (χ2v) is 9.21. The first-order valence-electron chi connectivity index (χ1n) is 10.5. The summed E-state index contributed by atoms with van der Waals surface area (Å²) in [6.07, 6.45) is -0.996. The smallest absolute Gasteiger partial charge is 0.349 e. The van der Waals surface area contributed by atoms with Gasteiger partial charge in [0.05, 0.1) is 12.2 Å². The van der Waals surface area contributed by atoms with Gasteiger partial charge < -0.3 is 19.5 Å². The van der Waals surface area contributed by atoms with E-state index in [1.54, 1.807) is 24.3 Å². The lowest BCUT2D eigenvalue weighted by atomic mass is 10.2. The number of fused-ring (bicyclic) bond motifs is 2. The summed E-state index contributed by atoms with van der Waals surface area (Å²) in [5, 5.41) is 8.82. The molecule has 4 aromatic rings. The molecule has 0 unspecified atom stereocenters. The van der Waals surface area contributed by atoms with E-state index < -0.39 is 18.0 Å². The van der Waals surface area contributed by atoms with Crippen LogP contribution in [0.3, 0.4) is 0 Å². The van der Waals surface area contributed by atoms with Gasteiger partial charge in [0.2, 0.25) is 6.79 Å². The Hall–Kier alpha value is -3.56. The second kappa shape index (κ2) is 9.00. The molecule has 0 spiro atoms. The van der Waals surface area contributed by atoms with Crippen LogP contribution in [0.25, 0.3) is 10.2 Å². The van der Waals surface area contributed by atoms with E-state index in [0.717, 1.165) is 21.5 Å². The van der Waals surface area contributed by atoms with Crippen LogP contribution in [0.15, 0.2) is 48.5 Å². The van der Waals surface area contributed by atoms with Crippen LogP contribution in [0.5, 0.6) is 11.5 Å². The number of rotatable bonds is 6. The first-order valence-corrected chi connectivity index (χ1v) is 11.7. The Morgan fingerprint density at radius 1 is 1.21 bits per heavy atom. The molecular weight excluding hydrogens is 478 g/mol. The number of carbonyl (C=O) groups excluding carboxylic acids is 2. The Balaban J connectivity index is 1.28. The number of nitrogens with one attached hydrogen (secondary N) is 1. The lowest BCUT2D eigenvalue weighted by Gasteiger charge is -2.13. The predicted octanol–water partition coefficient (Wildman–Crippen LogP) is 5.02. The zero-order valence-electron chi connectivity index (χ0n) is 18.3. The molecule has 8 nitrogen and oxygen atoms in total. The first kappa shape index (κ1) is 22.2. The van der Waals surface area contributed by atoms with Crippen molar-refractivity contribution in [3.05, 3.63) is 69.7 Å². The number of halogens is 1. The van der Waals surface area contributed by atoms with Gasteiger partial charge in [0.15, 0.2) is 17.6 Å². The minimum absolute atomic E-state index is 0.144. The quantitative estimate of drug-likeness (QED) is 0.376. The standard InChI is InChI=1S/C24H20ClN3O5S/c1-13-17-10-21(34-23(17)28(27-13)11-15-5-3-4-6-18(15)25)24(30)33-14(2)22(29)26-16-7-8-19-20(9-16)32-12-31-19/h3-10,14H,11-12H2,1-2H3,(H,26,29)/t14-/m1/s1. The fourth-order valence-electron chi connectivity index (χ4n) is 3.60. The lowest BCUT2D eigenvalue weighted by molar-refractivity contribution is -0.123. The summed E-state index contributed by atoms with van der Waals surface area (Å²) in [5.74, 6) is 0.146. The molecule has 1 aliphatic rings. The van der Waals surface area contributed by atoms with E-state index in [2.05, 4.69) is 10.4 Å². The number of benzene rings is 2. The van der Waals surface area contributed by atoms with Gasteiger partial charge in [-0.05, 0) is 43.7 Å². The highest BCUT2D eigenvalue weighted by Crippen LogP contribution is 2.34. The van der Waals surface area contributed by atoms with Gasteiger partial charge in [-0.15, -0.1) is 11.3 Å². The van der Waals surface area contributed by atoms with Crippen LogP contribution in [0.1, 0.15) is 27.9 Å². The normalized spacial score (nSPS) is 13.1. The zero-order chi connectivity index (χ0) is 23.8. The highest BCUT2D eigenvalue weighted by Gasteiger charge is 2.23. The highest BCUT2D eigenvalue weighted by atomic mass is 35.5. The van der Waals surface area contributed by atoms with Gasteiger partial charge >= 0.3 is 5.97 Å². The molecule has 3 heterocycles. The number of ether oxygens (including phenoxy) is 3. The molecular formula is C24H20ClN3O5S. The predicted molar refractivity (Wildman–Crippen MR) is 129 cm³/mol. The van der Waals surface area contributed by atoms with Crippen molar-refractivity contribution in [2.24, 2.45) is 0 Å². The summed E-state index contributed by atoms with van der Waals surface area (Å²) in [6, 6.07) is 14.4. The molecule has 10 heteroatoms. The van der Waals surface area contributed by atoms with Crippen LogP contribution in [0.4, 0.5) is 5.69 Å². The van der Waals surface area contributed by atoms with Gasteiger partial charge in [0.1, 0.15) is 9.71 Å². The molecule has 2 aromatic carbocycles. The van der Waals surface area contributed by atoms with Gasteiger partial charge in [0.25, 0.3) is 5.91 Å². The summed E-state index contributed by atoms with van der Waals surface area (Å²) in [5.41, 5.74) is 2.25. The van der Waals surface area contributed by atoms with Crippen LogP contribution in [-0.2, 0) is 16.1 Å². The Morgan fingerprint density at radius 2 is 2.00 bits per heavy atom. The third-order valence-corrected chi connectivity index (χ3v) is 6.88. The van der Waals surface area contributed by atoms with Crippen molar-refractivity contribution >= 4 is 50.7 Å². The molecule has 0 aliphatic carbocycles. The van der Waals surface area contributed by atoms with Gasteiger partial charge in [-0.1, -0.05) is 29.8 Å². The number of nitrogens with zero attached hydrogens (tertiary/aromatic N) is 2. The SMILES string of the molecule is Cc1nn(Cc2ccccc2Cl)c2sc(C(=O)O[C@H](C)C(=O)Nc3ccc4c(c3)OCO4)cc12. The molecule has 5 rings (SSSR count). The number of amides is 1. The van der Waals surface area contributed by atoms with E-state index in [1.165, 1.54) is 18.3 Å². The molecule has 1 aliphatic heterocycles. The van der Waals surface area contributed by atoms with Crippen molar-refractivity contribution in [3.8, 4) is 11.5 Å². The third kappa shape index (κ3) is 4.32. The molecule has 0 radical (unpaired) electrons. The molecule has 2 aromatic heterocycles. The lowest BCUT2D eigenvalue weighted by Crippen LogP contribution is -2.29. The monoisotopic (exact) mass is 497 g/mol. The van der Waals surface area contributed by atoms with E-state index in [-0.39, 0.29) is 6.79 Å². The number of hydrogen-bond acceptors (Lipinski definition) is 7. The second-order valence-electron chi connectivity index (χ2n) is 7.77. The number of thiophene rings is 1.